The number of unbranched alkanes of at least 4 members (excludes halogenated alkanes) is 3. The molecule has 0 heteroatoms. The largest absolute Gasteiger partial charge is 0.0925 e. The van der Waals surface area contributed by atoms with Crippen molar-refractivity contribution in [2.75, 3.05) is 0 Å². The Kier molecular flexibility index (Phi) is 8.92. The quantitative estimate of drug-likeness (QED) is 0.438. The fourth-order valence-corrected chi connectivity index (χ4v) is 0.795. The molecule has 0 unspecified atom stereocenters. The molecule has 0 aromatic heterocycles. The van der Waals surface area contributed by atoms with Gasteiger partial charge >= 0.3 is 0 Å². The van der Waals surface area contributed by atoms with Crippen LogP contribution in [-0.4, -0.2) is 0 Å². The molecule has 0 amide bonds. The van der Waals surface area contributed by atoms with Crippen LogP contribution in [0.3, 0.4) is 0 Å². The van der Waals surface area contributed by atoms with E-state index in [9.17, 15) is 0 Å². The fraction of sp³-hybridized carbons (Fsp3) is 0.500. The molecule has 0 atom stereocenters. The minimum absolute atomic E-state index is 1.14. The summed E-state index contributed by atoms with van der Waals surface area (Å²) in [6.07, 6.45) is 9.00. The molecule has 0 aliphatic rings. The van der Waals surface area contributed by atoms with Gasteiger partial charge in [0.05, 0.1) is 0 Å². The first-order chi connectivity index (χ1) is 5.91. The van der Waals surface area contributed by atoms with Gasteiger partial charge in [-0.25, -0.2) is 0 Å². The Morgan fingerprint density at radius 2 is 2.00 bits per heavy atom. The summed E-state index contributed by atoms with van der Waals surface area (Å²) in [5.41, 5.74) is 0. The predicted molar refractivity (Wildman–Crippen MR) is 54.5 cm³/mol. The smallest absolute Gasteiger partial charge is 0.00168 e. The van der Waals surface area contributed by atoms with E-state index in [2.05, 4.69) is 36.7 Å². The zero-order chi connectivity index (χ0) is 9.07. The van der Waals surface area contributed by atoms with Gasteiger partial charge in [-0.3, -0.25) is 0 Å². The van der Waals surface area contributed by atoms with E-state index in [-0.39, 0.29) is 0 Å². The van der Waals surface area contributed by atoms with E-state index in [0.29, 0.717) is 0 Å². The molecule has 0 radical (unpaired) electrons. The zero-order valence-corrected chi connectivity index (χ0v) is 7.98. The van der Waals surface area contributed by atoms with Gasteiger partial charge < -0.3 is 0 Å². The Hall–Kier alpha value is -1.14. The predicted octanol–water partition coefficient (Wildman–Crippen LogP) is 3.15. The lowest BCUT2D eigenvalue weighted by Gasteiger charge is -1.88. The van der Waals surface area contributed by atoms with E-state index >= 15 is 0 Å². The first-order valence-electron chi connectivity index (χ1n) is 4.49. The molecule has 0 spiro atoms. The molecule has 0 aliphatic carbocycles. The Balaban J connectivity index is 3.37. The summed E-state index contributed by atoms with van der Waals surface area (Å²) < 4.78 is 0. The number of hydrogen-bond donors (Lipinski definition) is 0. The number of rotatable bonds is 4. The first-order valence-corrected chi connectivity index (χ1v) is 4.49. The van der Waals surface area contributed by atoms with Gasteiger partial charge in [0.15, 0.2) is 0 Å². The zero-order valence-electron chi connectivity index (χ0n) is 7.98. The molecule has 0 saturated heterocycles. The summed E-state index contributed by atoms with van der Waals surface area (Å²) >= 11 is 0. The van der Waals surface area contributed by atoms with Crippen LogP contribution in [0.5, 0.6) is 0 Å². The molecule has 0 nitrogen and oxygen atoms in total. The molecule has 0 saturated carbocycles. The maximum atomic E-state index is 2.86. The lowest BCUT2D eigenvalue weighted by atomic mass is 10.2. The summed E-state index contributed by atoms with van der Waals surface area (Å²) in [5.74, 6) is 11.0. The molecule has 0 aromatic carbocycles. The molecule has 0 bridgehead atoms. The lowest BCUT2D eigenvalue weighted by Crippen LogP contribution is -1.69. The van der Waals surface area contributed by atoms with Crippen molar-refractivity contribution in [2.45, 2.75) is 39.5 Å². The second kappa shape index (κ2) is 9.86. The highest BCUT2D eigenvalue weighted by atomic mass is 13.8. The van der Waals surface area contributed by atoms with Crippen LogP contribution in [0.15, 0.2) is 12.2 Å². The van der Waals surface area contributed by atoms with Crippen molar-refractivity contribution in [3.8, 4) is 23.7 Å². The van der Waals surface area contributed by atoms with E-state index in [1.54, 1.807) is 6.92 Å². The van der Waals surface area contributed by atoms with Crippen LogP contribution in [0.2, 0.25) is 0 Å². The van der Waals surface area contributed by atoms with Gasteiger partial charge in [-0.05, 0) is 37.7 Å². The third-order valence-corrected chi connectivity index (χ3v) is 1.44. The van der Waals surface area contributed by atoms with E-state index in [0.717, 1.165) is 6.42 Å². The second-order valence-electron chi connectivity index (χ2n) is 2.54. The second-order valence-corrected chi connectivity index (χ2v) is 2.54. The molecular weight excluding hydrogens is 144 g/mol. The molecule has 0 heterocycles. The molecule has 12 heavy (non-hydrogen) atoms. The number of hydrogen-bond acceptors (Lipinski definition) is 0. The highest BCUT2D eigenvalue weighted by molar-refractivity contribution is 5.29. The first kappa shape index (κ1) is 10.9. The highest BCUT2D eigenvalue weighted by Crippen LogP contribution is 1.98. The summed E-state index contributed by atoms with van der Waals surface area (Å²) in [6, 6.07) is 0. The van der Waals surface area contributed by atoms with Crippen LogP contribution in [0.1, 0.15) is 39.5 Å². The molecular formula is C12H16. The van der Waals surface area contributed by atoms with E-state index in [4.69, 9.17) is 0 Å². The van der Waals surface area contributed by atoms with Crippen LogP contribution in [-0.2, 0) is 0 Å². The number of allylic oxidation sites excluding steroid dienone is 2. The van der Waals surface area contributed by atoms with Crippen LogP contribution >= 0.6 is 0 Å². The minimum atomic E-state index is 1.14. The molecule has 0 fully saturated rings. The topological polar surface area (TPSA) is 0 Å². The SMILES string of the molecule is CC#CC#C/C=C/CCCCC. The van der Waals surface area contributed by atoms with Crippen molar-refractivity contribution in [2.24, 2.45) is 0 Å². The lowest BCUT2D eigenvalue weighted by molar-refractivity contribution is 0.729. The monoisotopic (exact) mass is 160 g/mol. The van der Waals surface area contributed by atoms with Gasteiger partial charge in [0.1, 0.15) is 0 Å². The highest BCUT2D eigenvalue weighted by Gasteiger charge is 1.79. The maximum Gasteiger partial charge on any atom is -0.00168 e. The average molecular weight is 160 g/mol. The van der Waals surface area contributed by atoms with E-state index in [1.807, 2.05) is 6.08 Å². The van der Waals surface area contributed by atoms with Crippen LogP contribution in [0, 0.1) is 23.7 Å². The van der Waals surface area contributed by atoms with Gasteiger partial charge in [-0.2, -0.15) is 0 Å². The molecule has 64 valence electrons. The fourth-order valence-electron chi connectivity index (χ4n) is 0.795. The minimum Gasteiger partial charge on any atom is -0.0925 e. The van der Waals surface area contributed by atoms with Gasteiger partial charge in [0, 0.05) is 0 Å². The average Bonchev–Trinajstić information content (AvgIpc) is 2.10. The Bertz CT molecular complexity index is 224. The van der Waals surface area contributed by atoms with Gasteiger partial charge in [-0.1, -0.05) is 37.7 Å². The van der Waals surface area contributed by atoms with Gasteiger partial charge in [0.25, 0.3) is 0 Å². The Morgan fingerprint density at radius 3 is 2.67 bits per heavy atom. The van der Waals surface area contributed by atoms with Gasteiger partial charge in [0.2, 0.25) is 0 Å². The van der Waals surface area contributed by atoms with Crippen molar-refractivity contribution in [1.29, 1.82) is 0 Å². The van der Waals surface area contributed by atoms with Crippen molar-refractivity contribution in [1.82, 2.24) is 0 Å². The maximum absolute atomic E-state index is 2.86. The summed E-state index contributed by atoms with van der Waals surface area (Å²) in [6.45, 7) is 4.00. The Labute approximate surface area is 76.1 Å². The Morgan fingerprint density at radius 1 is 1.17 bits per heavy atom. The third-order valence-electron chi connectivity index (χ3n) is 1.44. The van der Waals surface area contributed by atoms with Crippen LogP contribution in [0.25, 0.3) is 0 Å². The van der Waals surface area contributed by atoms with Crippen molar-refractivity contribution in [3.63, 3.8) is 0 Å². The summed E-state index contributed by atoms with van der Waals surface area (Å²) in [5, 5.41) is 0. The van der Waals surface area contributed by atoms with E-state index in [1.165, 1.54) is 19.3 Å². The summed E-state index contributed by atoms with van der Waals surface area (Å²) in [4.78, 5) is 0. The van der Waals surface area contributed by atoms with Crippen LogP contribution in [0.4, 0.5) is 0 Å². The van der Waals surface area contributed by atoms with Crippen molar-refractivity contribution in [3.05, 3.63) is 12.2 Å². The van der Waals surface area contributed by atoms with E-state index < -0.39 is 0 Å². The molecule has 0 aliphatic heterocycles. The normalized spacial score (nSPS) is 8.50. The summed E-state index contributed by atoms with van der Waals surface area (Å²) in [7, 11) is 0. The molecule has 0 N–H and O–H groups in total. The van der Waals surface area contributed by atoms with Crippen LogP contribution < -0.4 is 0 Å². The molecule has 0 aromatic rings. The van der Waals surface area contributed by atoms with Crippen molar-refractivity contribution >= 4 is 0 Å². The molecule has 0 rings (SSSR count). The standard InChI is InChI=1S/C12H16/c1-3-5-7-9-11-12-10-8-6-4-2/h11-12H,3,5,7,9H2,1-2H3/b12-11+. The van der Waals surface area contributed by atoms with Crippen molar-refractivity contribution < 1.29 is 0 Å². The van der Waals surface area contributed by atoms with Gasteiger partial charge in [-0.15, -0.1) is 0 Å². The third kappa shape index (κ3) is 8.86.